The Balaban J connectivity index is 1.41. The Hall–Kier alpha value is -3.65. The van der Waals surface area contributed by atoms with Crippen molar-refractivity contribution >= 4 is 27.5 Å². The summed E-state index contributed by atoms with van der Waals surface area (Å²) in [5.41, 5.74) is 3.11. The molecule has 0 unspecified atom stereocenters. The third-order valence-corrected chi connectivity index (χ3v) is 7.36. The van der Waals surface area contributed by atoms with Crippen molar-refractivity contribution in [2.75, 3.05) is 17.8 Å². The Morgan fingerprint density at radius 2 is 1.54 bits per heavy atom. The van der Waals surface area contributed by atoms with Gasteiger partial charge in [0.15, 0.2) is 0 Å². The van der Waals surface area contributed by atoms with Gasteiger partial charge in [-0.15, -0.1) is 0 Å². The summed E-state index contributed by atoms with van der Waals surface area (Å²) in [6, 6.07) is 20.1. The molecule has 0 saturated carbocycles. The fraction of sp³-hybridized carbons (Fsp3) is 0.259. The largest absolute Gasteiger partial charge is 0.348 e. The molecule has 0 atom stereocenters. The summed E-state index contributed by atoms with van der Waals surface area (Å²) in [5.74, 6) is -0.387. The minimum atomic E-state index is -3.85. The van der Waals surface area contributed by atoms with E-state index in [1.54, 1.807) is 30.3 Å². The lowest BCUT2D eigenvalue weighted by molar-refractivity contribution is 0.0724. The highest BCUT2D eigenvalue weighted by molar-refractivity contribution is 7.92. The van der Waals surface area contributed by atoms with Gasteiger partial charge in [-0.1, -0.05) is 35.9 Å². The van der Waals surface area contributed by atoms with E-state index in [4.69, 9.17) is 0 Å². The zero-order valence-corrected chi connectivity index (χ0v) is 20.5. The number of anilines is 1. The Morgan fingerprint density at radius 1 is 0.857 bits per heavy atom. The van der Waals surface area contributed by atoms with Gasteiger partial charge in [-0.3, -0.25) is 14.3 Å². The lowest BCUT2D eigenvalue weighted by Crippen LogP contribution is -2.35. The minimum Gasteiger partial charge on any atom is -0.348 e. The van der Waals surface area contributed by atoms with E-state index in [1.807, 2.05) is 36.1 Å². The molecule has 2 N–H and O–H groups in total. The molecule has 1 heterocycles. The van der Waals surface area contributed by atoms with Crippen LogP contribution in [0.5, 0.6) is 0 Å². The summed E-state index contributed by atoms with van der Waals surface area (Å²) in [6.45, 7) is 3.69. The van der Waals surface area contributed by atoms with Gasteiger partial charge in [-0.05, 0) is 74.2 Å². The van der Waals surface area contributed by atoms with Crippen LogP contribution in [0.3, 0.4) is 0 Å². The molecule has 0 aromatic heterocycles. The third-order valence-electron chi connectivity index (χ3n) is 5.98. The summed E-state index contributed by atoms with van der Waals surface area (Å²) in [4.78, 5) is 27.4. The van der Waals surface area contributed by atoms with Gasteiger partial charge in [0.05, 0.1) is 4.90 Å². The second-order valence-electron chi connectivity index (χ2n) is 8.74. The van der Waals surface area contributed by atoms with Crippen LogP contribution in [0.2, 0.25) is 0 Å². The highest BCUT2D eigenvalue weighted by Gasteiger charge is 2.19. The Bertz CT molecular complexity index is 1310. The number of hydrogen-bond acceptors (Lipinski definition) is 4. The monoisotopic (exact) mass is 491 g/mol. The van der Waals surface area contributed by atoms with Gasteiger partial charge in [0.2, 0.25) is 0 Å². The summed E-state index contributed by atoms with van der Waals surface area (Å²) < 4.78 is 28.1. The molecule has 0 bridgehead atoms. The normalized spacial score (nSPS) is 13.8. The number of aryl methyl sites for hydroxylation is 1. The van der Waals surface area contributed by atoms with Gasteiger partial charge in [0, 0.05) is 36.4 Å². The van der Waals surface area contributed by atoms with Crippen LogP contribution in [0.1, 0.15) is 51.1 Å². The first-order chi connectivity index (χ1) is 16.8. The number of nitrogens with zero attached hydrogens (tertiary/aromatic N) is 1. The van der Waals surface area contributed by atoms with Crippen LogP contribution < -0.4 is 10.0 Å². The van der Waals surface area contributed by atoms with E-state index in [0.29, 0.717) is 11.3 Å². The summed E-state index contributed by atoms with van der Waals surface area (Å²) in [6.07, 6.45) is 3.20. The predicted molar refractivity (Wildman–Crippen MR) is 136 cm³/mol. The maximum absolute atomic E-state index is 12.8. The number of rotatable bonds is 7. The van der Waals surface area contributed by atoms with Gasteiger partial charge in [-0.25, -0.2) is 8.42 Å². The molecular weight excluding hydrogens is 462 g/mol. The lowest BCUT2D eigenvalue weighted by Gasteiger charge is -2.26. The molecule has 1 aliphatic rings. The van der Waals surface area contributed by atoms with Crippen molar-refractivity contribution in [3.05, 3.63) is 95.1 Å². The fourth-order valence-electron chi connectivity index (χ4n) is 4.02. The fourth-order valence-corrected chi connectivity index (χ4v) is 5.12. The molecule has 1 fully saturated rings. The first-order valence-corrected chi connectivity index (χ1v) is 13.2. The zero-order chi connectivity index (χ0) is 24.8. The van der Waals surface area contributed by atoms with Crippen molar-refractivity contribution in [1.82, 2.24) is 10.2 Å². The number of hydrogen-bond donors (Lipinski definition) is 2. The molecule has 3 aromatic rings. The van der Waals surface area contributed by atoms with Gasteiger partial charge in [0.25, 0.3) is 21.8 Å². The molecule has 2 amide bonds. The van der Waals surface area contributed by atoms with Crippen LogP contribution in [0.15, 0.2) is 77.7 Å². The number of carbonyl (C=O) groups is 2. The van der Waals surface area contributed by atoms with E-state index in [2.05, 4.69) is 10.0 Å². The molecule has 7 nitrogen and oxygen atoms in total. The van der Waals surface area contributed by atoms with Crippen LogP contribution in [0.25, 0.3) is 0 Å². The molecule has 0 spiro atoms. The minimum absolute atomic E-state index is 0.000138. The van der Waals surface area contributed by atoms with Crippen LogP contribution in [-0.4, -0.2) is 38.2 Å². The van der Waals surface area contributed by atoms with Crippen LogP contribution in [-0.2, 0) is 16.6 Å². The molecule has 0 radical (unpaired) electrons. The molecule has 35 heavy (non-hydrogen) atoms. The van der Waals surface area contributed by atoms with E-state index in [-0.39, 0.29) is 22.9 Å². The van der Waals surface area contributed by atoms with Gasteiger partial charge in [0.1, 0.15) is 0 Å². The molecule has 0 aliphatic carbocycles. The number of amides is 2. The molecule has 182 valence electrons. The number of piperidine rings is 1. The van der Waals surface area contributed by atoms with Gasteiger partial charge in [-0.2, -0.15) is 0 Å². The number of benzene rings is 3. The van der Waals surface area contributed by atoms with Crippen molar-refractivity contribution < 1.29 is 18.0 Å². The zero-order valence-electron chi connectivity index (χ0n) is 19.7. The predicted octanol–water partition coefficient (Wildman–Crippen LogP) is 4.35. The van der Waals surface area contributed by atoms with E-state index >= 15 is 0 Å². The van der Waals surface area contributed by atoms with E-state index in [9.17, 15) is 18.0 Å². The maximum Gasteiger partial charge on any atom is 0.261 e. The SMILES string of the molecule is Cc1ccc(NS(=O)(=O)c2cccc(C(=O)NCc3cccc(C(=O)N4CCCCC4)c3)c2)cc1. The summed E-state index contributed by atoms with van der Waals surface area (Å²) in [7, 11) is -3.85. The van der Waals surface area contributed by atoms with Gasteiger partial charge >= 0.3 is 0 Å². The van der Waals surface area contributed by atoms with Crippen LogP contribution >= 0.6 is 0 Å². The lowest BCUT2D eigenvalue weighted by atomic mass is 10.1. The maximum atomic E-state index is 12.8. The second kappa shape index (κ2) is 10.7. The average Bonchev–Trinajstić information content (AvgIpc) is 2.89. The highest BCUT2D eigenvalue weighted by Crippen LogP contribution is 2.18. The van der Waals surface area contributed by atoms with Crippen molar-refractivity contribution in [2.24, 2.45) is 0 Å². The smallest absolute Gasteiger partial charge is 0.261 e. The van der Waals surface area contributed by atoms with Crippen molar-refractivity contribution in [2.45, 2.75) is 37.6 Å². The number of sulfonamides is 1. The topological polar surface area (TPSA) is 95.6 Å². The molecule has 3 aromatic carbocycles. The van der Waals surface area contributed by atoms with Crippen molar-refractivity contribution in [1.29, 1.82) is 0 Å². The Morgan fingerprint density at radius 3 is 2.29 bits per heavy atom. The average molecular weight is 492 g/mol. The first-order valence-electron chi connectivity index (χ1n) is 11.7. The van der Waals surface area contributed by atoms with Crippen molar-refractivity contribution in [3.63, 3.8) is 0 Å². The molecule has 8 heteroatoms. The van der Waals surface area contributed by atoms with Crippen molar-refractivity contribution in [3.8, 4) is 0 Å². The third kappa shape index (κ3) is 6.27. The van der Waals surface area contributed by atoms with E-state index in [1.165, 1.54) is 18.2 Å². The van der Waals surface area contributed by atoms with E-state index < -0.39 is 15.9 Å². The quantitative estimate of drug-likeness (QED) is 0.514. The number of nitrogens with one attached hydrogen (secondary N) is 2. The van der Waals surface area contributed by atoms with E-state index in [0.717, 1.165) is 43.5 Å². The Labute approximate surface area is 206 Å². The molecular formula is C27H29N3O4S. The second-order valence-corrected chi connectivity index (χ2v) is 10.4. The Kier molecular flexibility index (Phi) is 7.51. The van der Waals surface area contributed by atoms with Gasteiger partial charge < -0.3 is 10.2 Å². The molecule has 1 saturated heterocycles. The summed E-state index contributed by atoms with van der Waals surface area (Å²) in [5, 5.41) is 2.82. The standard InChI is InChI=1S/C27H29N3O4S/c1-20-11-13-24(14-12-20)29-35(33,34)25-10-6-8-22(18-25)26(31)28-19-21-7-5-9-23(17-21)27(32)30-15-3-2-4-16-30/h5-14,17-18,29H,2-4,15-16,19H2,1H3,(H,28,31). The number of likely N-dealkylation sites (tertiary alicyclic amines) is 1. The van der Waals surface area contributed by atoms with Crippen LogP contribution in [0.4, 0.5) is 5.69 Å². The molecule has 4 rings (SSSR count). The summed E-state index contributed by atoms with van der Waals surface area (Å²) >= 11 is 0. The highest BCUT2D eigenvalue weighted by atomic mass is 32.2. The number of carbonyl (C=O) groups excluding carboxylic acids is 2. The molecule has 1 aliphatic heterocycles. The first kappa shape index (κ1) is 24.5. The van der Waals surface area contributed by atoms with Crippen LogP contribution in [0, 0.1) is 6.92 Å².